The number of aliphatic hydroxyl groups excluding tert-OH is 1. The maximum Gasteiger partial charge on any atom is 0.294 e. The highest BCUT2D eigenvalue weighted by Gasteiger charge is 2.22. The Balaban J connectivity index is 3.41. The minimum Gasteiger partial charge on any atom is -0.395 e. The third kappa shape index (κ3) is 4.15. The first-order chi connectivity index (χ1) is 9.22. The van der Waals surface area contributed by atoms with Crippen molar-refractivity contribution in [3.8, 4) is 0 Å². The van der Waals surface area contributed by atoms with Gasteiger partial charge in [0.15, 0.2) is 9.84 Å². The van der Waals surface area contributed by atoms with Crippen molar-refractivity contribution in [1.29, 1.82) is 0 Å². The summed E-state index contributed by atoms with van der Waals surface area (Å²) in [5, 5.41) is 8.76. The van der Waals surface area contributed by atoms with E-state index in [4.69, 9.17) is 14.5 Å². The fourth-order valence-corrected chi connectivity index (χ4v) is 3.18. The second-order valence-corrected chi connectivity index (χ2v) is 7.21. The number of rotatable bonds is 7. The van der Waals surface area contributed by atoms with Crippen molar-refractivity contribution in [3.05, 3.63) is 18.2 Å². The monoisotopic (exact) mass is 325 g/mol. The Morgan fingerprint density at radius 2 is 1.90 bits per heavy atom. The largest absolute Gasteiger partial charge is 0.395 e. The normalized spacial score (nSPS) is 12.3. The summed E-state index contributed by atoms with van der Waals surface area (Å²) in [6, 6.07) is 3.00. The Kier molecular flexibility index (Phi) is 5.48. The maximum absolute atomic E-state index is 12.0. The average Bonchev–Trinajstić information content (AvgIpc) is 2.35. The molecule has 8 nitrogen and oxygen atoms in total. The zero-order valence-electron chi connectivity index (χ0n) is 10.6. The lowest BCUT2D eigenvalue weighted by molar-refractivity contribution is 0.209. The minimum atomic E-state index is -4.53. The number of hydrogen-bond acceptors (Lipinski definition) is 7. The van der Waals surface area contributed by atoms with Crippen LogP contribution in [0.4, 0.5) is 5.69 Å². The zero-order chi connectivity index (χ0) is 15.4. The first-order valence-electron chi connectivity index (χ1n) is 5.55. The molecule has 0 amide bonds. The standard InChI is InChI=1S/C10H15NO7S2/c1-2-18-11-9-4-3-8(20(15,16)17)7-10(9)19(13,14)6-5-12/h3-4,7,11-12H,2,5-6H2,1H3,(H,15,16,17). The fourth-order valence-electron chi connectivity index (χ4n) is 1.38. The molecule has 0 radical (unpaired) electrons. The van der Waals surface area contributed by atoms with Gasteiger partial charge >= 0.3 is 0 Å². The van der Waals surface area contributed by atoms with E-state index in [1.165, 1.54) is 0 Å². The zero-order valence-corrected chi connectivity index (χ0v) is 12.2. The van der Waals surface area contributed by atoms with Gasteiger partial charge in [0.2, 0.25) is 0 Å². The Labute approximate surface area is 117 Å². The van der Waals surface area contributed by atoms with Crippen molar-refractivity contribution in [1.82, 2.24) is 0 Å². The van der Waals surface area contributed by atoms with E-state index in [9.17, 15) is 16.8 Å². The van der Waals surface area contributed by atoms with Crippen LogP contribution in [0.1, 0.15) is 6.92 Å². The number of aliphatic hydroxyl groups is 1. The molecule has 114 valence electrons. The van der Waals surface area contributed by atoms with Crippen LogP contribution in [-0.4, -0.2) is 45.5 Å². The van der Waals surface area contributed by atoms with Crippen LogP contribution in [0.25, 0.3) is 0 Å². The average molecular weight is 325 g/mol. The minimum absolute atomic E-state index is 0.0210. The van der Waals surface area contributed by atoms with Gasteiger partial charge in [0, 0.05) is 0 Å². The third-order valence-electron chi connectivity index (χ3n) is 2.27. The lowest BCUT2D eigenvalue weighted by atomic mass is 10.3. The molecule has 0 fully saturated rings. The number of benzene rings is 1. The first-order valence-corrected chi connectivity index (χ1v) is 8.64. The van der Waals surface area contributed by atoms with E-state index in [0.29, 0.717) is 0 Å². The lowest BCUT2D eigenvalue weighted by Crippen LogP contribution is -2.14. The smallest absolute Gasteiger partial charge is 0.294 e. The molecule has 0 saturated carbocycles. The van der Waals surface area contributed by atoms with Gasteiger partial charge in [-0.25, -0.2) is 8.42 Å². The molecular weight excluding hydrogens is 310 g/mol. The number of anilines is 1. The van der Waals surface area contributed by atoms with E-state index in [0.717, 1.165) is 18.2 Å². The van der Waals surface area contributed by atoms with Crippen molar-refractivity contribution in [2.45, 2.75) is 16.7 Å². The molecule has 0 aliphatic heterocycles. The van der Waals surface area contributed by atoms with Crippen molar-refractivity contribution >= 4 is 25.6 Å². The molecule has 1 aromatic carbocycles. The number of sulfone groups is 1. The van der Waals surface area contributed by atoms with E-state index in [1.54, 1.807) is 6.92 Å². The molecule has 0 saturated heterocycles. The van der Waals surface area contributed by atoms with Gasteiger partial charge in [-0.3, -0.25) is 14.9 Å². The van der Waals surface area contributed by atoms with Gasteiger partial charge in [-0.2, -0.15) is 8.42 Å². The Morgan fingerprint density at radius 1 is 1.25 bits per heavy atom. The molecule has 0 aliphatic rings. The van der Waals surface area contributed by atoms with E-state index < -0.39 is 37.2 Å². The second-order valence-electron chi connectivity index (χ2n) is 3.71. The van der Waals surface area contributed by atoms with Crippen LogP contribution in [0, 0.1) is 0 Å². The van der Waals surface area contributed by atoms with Crippen LogP contribution >= 0.6 is 0 Å². The Morgan fingerprint density at radius 3 is 2.40 bits per heavy atom. The number of hydrogen-bond donors (Lipinski definition) is 3. The van der Waals surface area contributed by atoms with Crippen LogP contribution < -0.4 is 5.48 Å². The molecule has 0 aliphatic carbocycles. The summed E-state index contributed by atoms with van der Waals surface area (Å²) < 4.78 is 55.0. The summed E-state index contributed by atoms with van der Waals surface area (Å²) in [5.74, 6) is -0.581. The summed E-state index contributed by atoms with van der Waals surface area (Å²) in [5.41, 5.74) is 2.39. The van der Waals surface area contributed by atoms with Crippen molar-refractivity contribution < 1.29 is 31.3 Å². The fraction of sp³-hybridized carbons (Fsp3) is 0.400. The summed E-state index contributed by atoms with van der Waals surface area (Å²) in [4.78, 5) is 3.93. The SMILES string of the molecule is CCONc1ccc(S(=O)(=O)O)cc1S(=O)(=O)CCO. The molecule has 0 unspecified atom stereocenters. The molecule has 0 bridgehead atoms. The molecule has 20 heavy (non-hydrogen) atoms. The molecule has 1 rings (SSSR count). The van der Waals surface area contributed by atoms with Gasteiger partial charge in [-0.05, 0) is 25.1 Å². The molecule has 0 atom stereocenters. The summed E-state index contributed by atoms with van der Waals surface area (Å²) in [6.45, 7) is 1.30. The van der Waals surface area contributed by atoms with E-state index in [1.807, 2.05) is 0 Å². The van der Waals surface area contributed by atoms with E-state index >= 15 is 0 Å². The van der Waals surface area contributed by atoms with Gasteiger partial charge in [0.25, 0.3) is 10.1 Å². The predicted octanol–water partition coefficient (Wildman–Crippen LogP) is 0.0627. The van der Waals surface area contributed by atoms with Crippen molar-refractivity contribution in [3.63, 3.8) is 0 Å². The topological polar surface area (TPSA) is 130 Å². The second kappa shape index (κ2) is 6.50. The first kappa shape index (κ1) is 16.9. The molecular formula is C10H15NO7S2. The molecule has 1 aromatic rings. The highest BCUT2D eigenvalue weighted by Crippen LogP contribution is 2.26. The van der Waals surface area contributed by atoms with Gasteiger partial charge < -0.3 is 5.11 Å². The van der Waals surface area contributed by atoms with Crippen LogP contribution in [0.2, 0.25) is 0 Å². The summed E-state index contributed by atoms with van der Waals surface area (Å²) in [6.07, 6.45) is 0. The predicted molar refractivity (Wildman–Crippen MR) is 70.6 cm³/mol. The van der Waals surface area contributed by atoms with Crippen LogP contribution in [-0.2, 0) is 24.8 Å². The number of nitrogens with one attached hydrogen (secondary N) is 1. The van der Waals surface area contributed by atoms with Crippen LogP contribution in [0.5, 0.6) is 0 Å². The summed E-state index contributed by atoms with van der Waals surface area (Å²) in [7, 11) is -8.46. The van der Waals surface area contributed by atoms with Gasteiger partial charge in [-0.1, -0.05) is 0 Å². The van der Waals surface area contributed by atoms with Crippen molar-refractivity contribution in [2.75, 3.05) is 24.4 Å². The molecule has 0 aromatic heterocycles. The van der Waals surface area contributed by atoms with E-state index in [-0.39, 0.29) is 17.2 Å². The summed E-state index contributed by atoms with van der Waals surface area (Å²) >= 11 is 0. The molecule has 0 spiro atoms. The Bertz CT molecular complexity index is 667. The van der Waals surface area contributed by atoms with Gasteiger partial charge in [0.1, 0.15) is 0 Å². The highest BCUT2D eigenvalue weighted by molar-refractivity contribution is 7.91. The third-order valence-corrected chi connectivity index (χ3v) is 4.85. The molecule has 10 heteroatoms. The lowest BCUT2D eigenvalue weighted by Gasteiger charge is -2.12. The van der Waals surface area contributed by atoms with Gasteiger partial charge in [-0.15, -0.1) is 0 Å². The van der Waals surface area contributed by atoms with Crippen molar-refractivity contribution in [2.24, 2.45) is 0 Å². The molecule has 0 heterocycles. The Hall–Kier alpha value is -1.20. The maximum atomic E-state index is 12.0. The highest BCUT2D eigenvalue weighted by atomic mass is 32.2. The quantitative estimate of drug-likeness (QED) is 0.474. The molecule has 3 N–H and O–H groups in total. The van der Waals surface area contributed by atoms with E-state index in [2.05, 4.69) is 5.48 Å². The van der Waals surface area contributed by atoms with Gasteiger partial charge in [0.05, 0.1) is 34.4 Å². The van der Waals surface area contributed by atoms with Crippen LogP contribution in [0.15, 0.2) is 28.0 Å². The van der Waals surface area contributed by atoms with Crippen LogP contribution in [0.3, 0.4) is 0 Å².